The average Bonchev–Trinajstić information content (AvgIpc) is 2.70. The van der Waals surface area contributed by atoms with Crippen LogP contribution in [0.3, 0.4) is 0 Å². The molecule has 0 radical (unpaired) electrons. The quantitative estimate of drug-likeness (QED) is 0.719. The van der Waals surface area contributed by atoms with Crippen LogP contribution in [0.4, 0.5) is 9.18 Å². The molecule has 1 aliphatic carbocycles. The Hall–Kier alpha value is -2.15. The van der Waals surface area contributed by atoms with Gasteiger partial charge in [0.2, 0.25) is 0 Å². The van der Waals surface area contributed by atoms with Crippen molar-refractivity contribution in [3.8, 4) is 0 Å². The maximum absolute atomic E-state index is 13.2. The van der Waals surface area contributed by atoms with Crippen molar-refractivity contribution in [3.63, 3.8) is 0 Å². The van der Waals surface area contributed by atoms with E-state index in [2.05, 4.69) is 5.32 Å². The molecule has 3 N–H and O–H groups in total. The minimum absolute atomic E-state index is 0.0379. The van der Waals surface area contributed by atoms with Crippen LogP contribution >= 0.6 is 0 Å². The number of likely N-dealkylation sites (tertiary alicyclic amines) is 1. The van der Waals surface area contributed by atoms with E-state index in [1.54, 1.807) is 0 Å². The minimum Gasteiger partial charge on any atom is -0.481 e. The third-order valence-corrected chi connectivity index (χ3v) is 6.20. The normalized spacial score (nSPS) is 26.1. The Kier molecular flexibility index (Phi) is 6.54. The van der Waals surface area contributed by atoms with Crippen LogP contribution in [-0.4, -0.2) is 52.9 Å². The van der Waals surface area contributed by atoms with Crippen LogP contribution in [0.1, 0.15) is 44.1 Å². The predicted octanol–water partition coefficient (Wildman–Crippen LogP) is 2.80. The highest BCUT2D eigenvalue weighted by Gasteiger charge is 2.50. The lowest BCUT2D eigenvalue weighted by Gasteiger charge is -2.43. The molecule has 7 heteroatoms. The maximum Gasteiger partial charge on any atom is 0.317 e. The van der Waals surface area contributed by atoms with E-state index >= 15 is 0 Å². The van der Waals surface area contributed by atoms with E-state index in [4.69, 9.17) is 0 Å². The molecule has 0 aromatic heterocycles. The first-order valence-electron chi connectivity index (χ1n) is 10.1. The molecular weight excluding hydrogens is 363 g/mol. The summed E-state index contributed by atoms with van der Waals surface area (Å²) in [7, 11) is 0. The van der Waals surface area contributed by atoms with Gasteiger partial charge in [0.25, 0.3) is 0 Å². The number of urea groups is 1. The summed E-state index contributed by atoms with van der Waals surface area (Å²) in [6.45, 7) is 0.851. The van der Waals surface area contributed by atoms with Gasteiger partial charge in [-0.25, -0.2) is 9.18 Å². The summed E-state index contributed by atoms with van der Waals surface area (Å²) in [5.41, 5.74) is -0.884. The van der Waals surface area contributed by atoms with Crippen molar-refractivity contribution in [1.29, 1.82) is 0 Å². The number of rotatable bonds is 5. The van der Waals surface area contributed by atoms with E-state index < -0.39 is 23.3 Å². The van der Waals surface area contributed by atoms with Gasteiger partial charge in [0.15, 0.2) is 0 Å². The van der Waals surface area contributed by atoms with Crippen molar-refractivity contribution in [2.75, 3.05) is 19.6 Å². The molecule has 1 saturated carbocycles. The molecule has 2 amide bonds. The number of halogens is 1. The predicted molar refractivity (Wildman–Crippen MR) is 102 cm³/mol. The second-order valence-corrected chi connectivity index (χ2v) is 8.18. The van der Waals surface area contributed by atoms with Gasteiger partial charge in [-0.3, -0.25) is 4.79 Å². The van der Waals surface area contributed by atoms with E-state index in [9.17, 15) is 24.2 Å². The van der Waals surface area contributed by atoms with Crippen LogP contribution in [0.5, 0.6) is 0 Å². The van der Waals surface area contributed by atoms with Gasteiger partial charge in [-0.1, -0.05) is 31.4 Å². The van der Waals surface area contributed by atoms with Gasteiger partial charge in [0.05, 0.1) is 6.10 Å². The highest BCUT2D eigenvalue weighted by atomic mass is 19.1. The highest BCUT2D eigenvalue weighted by Crippen LogP contribution is 2.35. The van der Waals surface area contributed by atoms with Crippen molar-refractivity contribution in [2.45, 2.75) is 51.0 Å². The number of amides is 2. The number of nitrogens with zero attached hydrogens (tertiary/aromatic N) is 1. The number of benzene rings is 1. The molecular formula is C21H29FN2O4. The fourth-order valence-electron chi connectivity index (χ4n) is 4.41. The Morgan fingerprint density at radius 2 is 1.82 bits per heavy atom. The first-order chi connectivity index (χ1) is 13.4. The molecule has 1 heterocycles. The van der Waals surface area contributed by atoms with Crippen LogP contribution in [-0.2, 0) is 11.2 Å². The van der Waals surface area contributed by atoms with Gasteiger partial charge in [-0.15, -0.1) is 0 Å². The smallest absolute Gasteiger partial charge is 0.317 e. The molecule has 3 rings (SSSR count). The molecule has 28 heavy (non-hydrogen) atoms. The Bertz CT molecular complexity index is 690. The number of hydrogen-bond donors (Lipinski definition) is 3. The van der Waals surface area contributed by atoms with Gasteiger partial charge < -0.3 is 20.4 Å². The van der Waals surface area contributed by atoms with Crippen molar-refractivity contribution in [1.82, 2.24) is 10.2 Å². The standard InChI is InChI=1S/C21H29FN2O4/c22-17-8-6-15(7-9-17)12-21(19(26)27)14-24(11-10-18(21)25)20(28)23-13-16-4-2-1-3-5-16/h6-9,16,18,25H,1-5,10-14H2,(H,23,28)(H,26,27)/t18-,21-/m1/s1. The lowest BCUT2D eigenvalue weighted by Crippen LogP contribution is -2.60. The molecule has 2 atom stereocenters. The number of aliphatic hydroxyl groups is 1. The van der Waals surface area contributed by atoms with Gasteiger partial charge >= 0.3 is 12.0 Å². The number of piperidine rings is 1. The van der Waals surface area contributed by atoms with E-state index in [0.717, 1.165) is 12.8 Å². The summed E-state index contributed by atoms with van der Waals surface area (Å²) < 4.78 is 13.2. The molecule has 1 aliphatic heterocycles. The van der Waals surface area contributed by atoms with Crippen LogP contribution in [0, 0.1) is 17.2 Å². The first kappa shape index (κ1) is 20.6. The maximum atomic E-state index is 13.2. The van der Waals surface area contributed by atoms with Crippen molar-refractivity contribution >= 4 is 12.0 Å². The van der Waals surface area contributed by atoms with Crippen LogP contribution in [0.15, 0.2) is 24.3 Å². The fourth-order valence-corrected chi connectivity index (χ4v) is 4.41. The van der Waals surface area contributed by atoms with Gasteiger partial charge in [0.1, 0.15) is 11.2 Å². The molecule has 0 bridgehead atoms. The summed E-state index contributed by atoms with van der Waals surface area (Å²) in [5, 5.41) is 23.4. The Morgan fingerprint density at radius 1 is 1.14 bits per heavy atom. The number of carboxylic acid groups (broad SMARTS) is 1. The monoisotopic (exact) mass is 392 g/mol. The topological polar surface area (TPSA) is 89.9 Å². The van der Waals surface area contributed by atoms with Gasteiger partial charge in [0, 0.05) is 19.6 Å². The van der Waals surface area contributed by atoms with Crippen LogP contribution in [0.2, 0.25) is 0 Å². The summed E-state index contributed by atoms with van der Waals surface area (Å²) in [6.07, 6.45) is 5.02. The second-order valence-electron chi connectivity index (χ2n) is 8.18. The SMILES string of the molecule is O=C(NCC1CCCCC1)N1CC[C@@H](O)[C@](Cc2ccc(F)cc2)(C(=O)O)C1. The zero-order valence-electron chi connectivity index (χ0n) is 16.1. The van der Waals surface area contributed by atoms with Crippen LogP contribution < -0.4 is 5.32 Å². The average molecular weight is 392 g/mol. The Labute approximate surface area is 164 Å². The van der Waals surface area contributed by atoms with Gasteiger partial charge in [-0.2, -0.15) is 0 Å². The Morgan fingerprint density at radius 3 is 2.46 bits per heavy atom. The molecule has 154 valence electrons. The summed E-state index contributed by atoms with van der Waals surface area (Å²) >= 11 is 0. The largest absolute Gasteiger partial charge is 0.481 e. The van der Waals surface area contributed by atoms with E-state index in [1.807, 2.05) is 0 Å². The number of aliphatic hydroxyl groups excluding tert-OH is 1. The van der Waals surface area contributed by atoms with Crippen molar-refractivity contribution < 1.29 is 24.2 Å². The third-order valence-electron chi connectivity index (χ3n) is 6.20. The number of carbonyl (C=O) groups is 2. The number of nitrogens with one attached hydrogen (secondary N) is 1. The number of hydrogen-bond acceptors (Lipinski definition) is 3. The van der Waals surface area contributed by atoms with Crippen molar-refractivity contribution in [3.05, 3.63) is 35.6 Å². The number of carbonyl (C=O) groups excluding carboxylic acids is 1. The number of carboxylic acids is 1. The highest BCUT2D eigenvalue weighted by molar-refractivity contribution is 5.79. The number of aliphatic carboxylic acids is 1. The molecule has 2 fully saturated rings. The first-order valence-corrected chi connectivity index (χ1v) is 10.1. The molecule has 0 unspecified atom stereocenters. The van der Waals surface area contributed by atoms with Gasteiger partial charge in [-0.05, 0) is 49.3 Å². The van der Waals surface area contributed by atoms with E-state index in [0.29, 0.717) is 24.6 Å². The van der Waals surface area contributed by atoms with Crippen molar-refractivity contribution in [2.24, 2.45) is 11.3 Å². The fraction of sp³-hybridized carbons (Fsp3) is 0.619. The molecule has 1 saturated heterocycles. The van der Waals surface area contributed by atoms with E-state index in [1.165, 1.54) is 48.4 Å². The van der Waals surface area contributed by atoms with E-state index in [-0.39, 0.29) is 25.4 Å². The lowest BCUT2D eigenvalue weighted by molar-refractivity contribution is -0.161. The summed E-state index contributed by atoms with van der Waals surface area (Å²) in [5.74, 6) is -1.06. The molecule has 6 nitrogen and oxygen atoms in total. The summed E-state index contributed by atoms with van der Waals surface area (Å²) in [6, 6.07) is 5.31. The Balaban J connectivity index is 1.68. The second kappa shape index (κ2) is 8.90. The zero-order valence-corrected chi connectivity index (χ0v) is 16.1. The third kappa shape index (κ3) is 4.63. The molecule has 2 aliphatic rings. The lowest BCUT2D eigenvalue weighted by atomic mass is 9.73. The zero-order chi connectivity index (χ0) is 20.1. The summed E-state index contributed by atoms with van der Waals surface area (Å²) in [4.78, 5) is 26.3. The van der Waals surface area contributed by atoms with Crippen LogP contribution in [0.25, 0.3) is 0 Å². The molecule has 1 aromatic rings. The molecule has 0 spiro atoms. The molecule has 1 aromatic carbocycles. The minimum atomic E-state index is -1.50.